The van der Waals surface area contributed by atoms with Gasteiger partial charge in [0.05, 0.1) is 19.7 Å². The van der Waals surface area contributed by atoms with Crippen molar-refractivity contribution in [3.05, 3.63) is 71.3 Å². The van der Waals surface area contributed by atoms with Gasteiger partial charge in [0.1, 0.15) is 6.04 Å². The minimum atomic E-state index is -0.890. The highest BCUT2D eigenvalue weighted by Gasteiger charge is 2.22. The van der Waals surface area contributed by atoms with Crippen molar-refractivity contribution in [2.75, 3.05) is 13.7 Å². The van der Waals surface area contributed by atoms with Gasteiger partial charge in [0.15, 0.2) is 0 Å². The Labute approximate surface area is 186 Å². The molecule has 2 amide bonds. The lowest BCUT2D eigenvalue weighted by molar-refractivity contribution is -0.145. The summed E-state index contributed by atoms with van der Waals surface area (Å²) in [5.41, 5.74) is 2.57. The molecule has 0 bridgehead atoms. The van der Waals surface area contributed by atoms with E-state index in [9.17, 15) is 14.4 Å². The average Bonchev–Trinajstić information content (AvgIpc) is 2.81. The van der Waals surface area contributed by atoms with Crippen molar-refractivity contribution in [2.24, 2.45) is 0 Å². The molecule has 0 aromatic heterocycles. The highest BCUT2D eigenvalue weighted by Crippen LogP contribution is 2.08. The monoisotopic (exact) mass is 441 g/mol. The van der Waals surface area contributed by atoms with E-state index in [1.165, 1.54) is 7.11 Å². The number of rotatable bonds is 8. The van der Waals surface area contributed by atoms with Crippen molar-refractivity contribution in [2.45, 2.75) is 25.4 Å². The number of ether oxygens (including phenoxy) is 1. The highest BCUT2D eigenvalue weighted by atomic mass is 35.5. The van der Waals surface area contributed by atoms with E-state index in [1.54, 1.807) is 6.92 Å². The minimum absolute atomic E-state index is 0.235. The first kappa shape index (κ1) is 23.9. The maximum atomic E-state index is 12.1. The maximum absolute atomic E-state index is 12.1. The third-order valence-electron chi connectivity index (χ3n) is 4.32. The summed E-state index contributed by atoms with van der Waals surface area (Å²) in [7, 11) is 1.25. The van der Waals surface area contributed by atoms with Crippen molar-refractivity contribution >= 4 is 29.6 Å². The van der Waals surface area contributed by atoms with Gasteiger partial charge in [-0.15, -0.1) is 0 Å². The minimum Gasteiger partial charge on any atom is -0.467 e. The smallest absolute Gasteiger partial charge is 0.328 e. The summed E-state index contributed by atoms with van der Waals surface area (Å²) >= 11 is 5.38. The molecular formula is C23H24ClN3O4. The molecule has 162 valence electrons. The number of carbonyl (C=O) groups is 3. The summed E-state index contributed by atoms with van der Waals surface area (Å²) in [4.78, 5) is 38.2. The van der Waals surface area contributed by atoms with Gasteiger partial charge in [-0.25, -0.2) is 9.63 Å². The van der Waals surface area contributed by atoms with Crippen LogP contribution >= 0.6 is 11.8 Å². The molecule has 0 aliphatic rings. The van der Waals surface area contributed by atoms with Gasteiger partial charge in [0, 0.05) is 17.5 Å². The molecule has 8 heteroatoms. The lowest BCUT2D eigenvalue weighted by atomic mass is 10.0. The van der Waals surface area contributed by atoms with Crippen LogP contribution in [0.1, 0.15) is 23.6 Å². The van der Waals surface area contributed by atoms with Gasteiger partial charge in [0.25, 0.3) is 0 Å². The van der Waals surface area contributed by atoms with E-state index in [0.717, 1.165) is 16.7 Å². The van der Waals surface area contributed by atoms with Gasteiger partial charge >= 0.3 is 5.97 Å². The van der Waals surface area contributed by atoms with Gasteiger partial charge in [-0.1, -0.05) is 42.2 Å². The Kier molecular flexibility index (Phi) is 9.56. The average molecular weight is 442 g/mol. The van der Waals surface area contributed by atoms with Gasteiger partial charge < -0.3 is 15.4 Å². The van der Waals surface area contributed by atoms with E-state index in [4.69, 9.17) is 16.5 Å². The van der Waals surface area contributed by atoms with E-state index in [1.807, 2.05) is 54.6 Å². The van der Waals surface area contributed by atoms with Crippen molar-refractivity contribution < 1.29 is 19.1 Å². The number of hydrogen-bond donors (Lipinski definition) is 3. The fraction of sp³-hybridized carbons (Fsp3) is 0.261. The van der Waals surface area contributed by atoms with Gasteiger partial charge in [-0.3, -0.25) is 9.59 Å². The van der Waals surface area contributed by atoms with Crippen LogP contribution in [0.15, 0.2) is 54.6 Å². The third-order valence-corrected chi connectivity index (χ3v) is 4.65. The number of carbonyl (C=O) groups excluding carboxylic acids is 3. The predicted octanol–water partition coefficient (Wildman–Crippen LogP) is 1.53. The zero-order chi connectivity index (χ0) is 22.6. The van der Waals surface area contributed by atoms with Crippen molar-refractivity contribution in [3.8, 4) is 11.8 Å². The fourth-order valence-corrected chi connectivity index (χ4v) is 2.68. The standard InChI is InChI=1S/C23H24ClN3O4/c1-16(27-24)22(29)25-15-21(28)26-20(23(30)31-2)14-19-12-10-18(11-13-19)9-8-17-6-4-3-5-7-17/h3-7,10-13,16,20,27H,14-15H2,1-2H3,(H,25,29)(H,26,28)/t16-,20+/m1/s1. The Hall–Kier alpha value is -3.34. The lowest BCUT2D eigenvalue weighted by Gasteiger charge is -2.17. The van der Waals surface area contributed by atoms with Crippen molar-refractivity contribution in [1.29, 1.82) is 0 Å². The van der Waals surface area contributed by atoms with E-state index < -0.39 is 29.9 Å². The number of esters is 1. The molecule has 0 aliphatic heterocycles. The predicted molar refractivity (Wildman–Crippen MR) is 118 cm³/mol. The molecule has 2 aromatic carbocycles. The zero-order valence-electron chi connectivity index (χ0n) is 17.3. The van der Waals surface area contributed by atoms with Crippen LogP contribution in [0.5, 0.6) is 0 Å². The second-order valence-electron chi connectivity index (χ2n) is 6.71. The first-order chi connectivity index (χ1) is 14.9. The van der Waals surface area contributed by atoms with E-state index in [2.05, 4.69) is 27.3 Å². The summed E-state index contributed by atoms with van der Waals surface area (Å²) in [6, 6.07) is 15.5. The molecule has 0 radical (unpaired) electrons. The zero-order valence-corrected chi connectivity index (χ0v) is 18.0. The molecule has 0 spiro atoms. The second-order valence-corrected chi connectivity index (χ2v) is 6.93. The second kappa shape index (κ2) is 12.4. The number of nitrogens with one attached hydrogen (secondary N) is 3. The first-order valence-electron chi connectivity index (χ1n) is 9.60. The largest absolute Gasteiger partial charge is 0.467 e. The Morgan fingerprint density at radius 1 is 1.00 bits per heavy atom. The van der Waals surface area contributed by atoms with Crippen LogP contribution in [0.25, 0.3) is 0 Å². The van der Waals surface area contributed by atoms with Crippen LogP contribution in [-0.4, -0.2) is 43.5 Å². The van der Waals surface area contributed by atoms with E-state index >= 15 is 0 Å². The summed E-state index contributed by atoms with van der Waals surface area (Å²) in [5, 5.41) is 5.01. The van der Waals surface area contributed by atoms with Crippen molar-refractivity contribution in [3.63, 3.8) is 0 Å². The lowest BCUT2D eigenvalue weighted by Crippen LogP contribution is -2.48. The van der Waals surface area contributed by atoms with Gasteiger partial charge in [-0.2, -0.15) is 0 Å². The molecule has 3 N–H and O–H groups in total. The fourth-order valence-electron chi connectivity index (χ4n) is 2.58. The molecule has 31 heavy (non-hydrogen) atoms. The summed E-state index contributed by atoms with van der Waals surface area (Å²) in [6.07, 6.45) is 0.235. The molecule has 0 fully saturated rings. The number of halogens is 1. The molecule has 2 atom stereocenters. The van der Waals surface area contributed by atoms with Crippen LogP contribution in [0.4, 0.5) is 0 Å². The molecule has 0 heterocycles. The topological polar surface area (TPSA) is 96.5 Å². The summed E-state index contributed by atoms with van der Waals surface area (Å²) in [6.45, 7) is 1.26. The molecule has 0 aliphatic carbocycles. The summed E-state index contributed by atoms with van der Waals surface area (Å²) in [5.74, 6) is 4.63. The Bertz CT molecular complexity index is 952. The van der Waals surface area contributed by atoms with Gasteiger partial charge in [-0.05, 0) is 48.5 Å². The molecule has 2 rings (SSSR count). The number of methoxy groups -OCH3 is 1. The molecule has 2 aromatic rings. The Morgan fingerprint density at radius 2 is 1.61 bits per heavy atom. The number of hydrogen-bond acceptors (Lipinski definition) is 5. The third kappa shape index (κ3) is 8.13. The number of amides is 2. The molecule has 0 saturated carbocycles. The van der Waals surface area contributed by atoms with Crippen LogP contribution < -0.4 is 15.5 Å². The SMILES string of the molecule is COC(=O)[C@H](Cc1ccc(C#Cc2ccccc2)cc1)NC(=O)CNC(=O)[C@@H](C)NCl. The van der Waals surface area contributed by atoms with Crippen LogP contribution in [0.3, 0.4) is 0 Å². The van der Waals surface area contributed by atoms with Crippen LogP contribution in [0, 0.1) is 11.8 Å². The van der Waals surface area contributed by atoms with Crippen LogP contribution in [-0.2, 0) is 25.5 Å². The van der Waals surface area contributed by atoms with E-state index in [0.29, 0.717) is 0 Å². The maximum Gasteiger partial charge on any atom is 0.328 e. The molecule has 7 nitrogen and oxygen atoms in total. The normalized spacial score (nSPS) is 12.0. The molecular weight excluding hydrogens is 418 g/mol. The van der Waals surface area contributed by atoms with E-state index in [-0.39, 0.29) is 13.0 Å². The van der Waals surface area contributed by atoms with Crippen LogP contribution in [0.2, 0.25) is 0 Å². The quantitative estimate of drug-likeness (QED) is 0.328. The highest BCUT2D eigenvalue weighted by molar-refractivity contribution is 6.15. The van der Waals surface area contributed by atoms with Gasteiger partial charge in [0.2, 0.25) is 11.8 Å². The summed E-state index contributed by atoms with van der Waals surface area (Å²) < 4.78 is 4.79. The molecule has 0 unspecified atom stereocenters. The first-order valence-corrected chi connectivity index (χ1v) is 9.97. The number of benzene rings is 2. The Balaban J connectivity index is 1.97. The van der Waals surface area contributed by atoms with Crippen molar-refractivity contribution in [1.82, 2.24) is 15.5 Å². The molecule has 0 saturated heterocycles. The Morgan fingerprint density at radius 3 is 2.19 bits per heavy atom.